The number of anilines is 1. The van der Waals surface area contributed by atoms with Gasteiger partial charge in [-0.15, -0.1) is 0 Å². The van der Waals surface area contributed by atoms with Crippen LogP contribution in [0.1, 0.15) is 78.5 Å². The lowest BCUT2D eigenvalue weighted by Crippen LogP contribution is -2.32. The number of benzene rings is 2. The fourth-order valence-electron chi connectivity index (χ4n) is 6.09. The molecule has 5 nitrogen and oxygen atoms in total. The van der Waals surface area contributed by atoms with Crippen molar-refractivity contribution in [2.45, 2.75) is 66.0 Å². The van der Waals surface area contributed by atoms with Crippen LogP contribution in [0.4, 0.5) is 5.69 Å². The largest absolute Gasteiger partial charge is 0.439 e. The minimum absolute atomic E-state index is 0.322. The molecule has 2 aromatic carbocycles. The third-order valence-electron chi connectivity index (χ3n) is 7.89. The number of cyclic esters (lactones) is 1. The maximum atomic E-state index is 13.4. The van der Waals surface area contributed by atoms with Crippen LogP contribution in [-0.4, -0.2) is 28.6 Å². The van der Waals surface area contributed by atoms with Crippen molar-refractivity contribution >= 4 is 22.6 Å². The standard InChI is InChI=1S/C32H37N3O2/c1-6-9-12-20-35-23(5)29(25-14-10-11-16-28(25)35)32(30-26(31(36)37-32)15-13-19-33-30)27-18-17-24(21-22(27)4)34(7-2)8-3/h10-11,13-19,21H,6-9,12,20H2,1-5H3. The molecule has 0 fully saturated rings. The van der Waals surface area contributed by atoms with E-state index < -0.39 is 5.60 Å². The quantitative estimate of drug-likeness (QED) is 0.183. The number of unbranched alkanes of at least 4 members (excludes halogenated alkanes) is 2. The number of carbonyl (C=O) groups excluding carboxylic acids is 1. The first-order valence-electron chi connectivity index (χ1n) is 13.6. The van der Waals surface area contributed by atoms with Gasteiger partial charge in [0.15, 0.2) is 0 Å². The Morgan fingerprint density at radius 3 is 2.49 bits per heavy atom. The van der Waals surface area contributed by atoms with Crippen LogP contribution in [0.15, 0.2) is 60.8 Å². The number of rotatable bonds is 9. The summed E-state index contributed by atoms with van der Waals surface area (Å²) in [6.45, 7) is 13.7. The molecule has 5 heteroatoms. The highest BCUT2D eigenvalue weighted by molar-refractivity contribution is 5.98. The maximum absolute atomic E-state index is 13.4. The molecule has 0 bridgehead atoms. The molecule has 0 amide bonds. The van der Waals surface area contributed by atoms with Gasteiger partial charge in [-0.1, -0.05) is 44.0 Å². The van der Waals surface area contributed by atoms with Gasteiger partial charge >= 0.3 is 5.97 Å². The van der Waals surface area contributed by atoms with E-state index in [2.05, 4.69) is 86.6 Å². The Morgan fingerprint density at radius 2 is 1.76 bits per heavy atom. The Bertz CT molecular complexity index is 1450. The Morgan fingerprint density at radius 1 is 0.973 bits per heavy atom. The van der Waals surface area contributed by atoms with Crippen LogP contribution in [-0.2, 0) is 16.9 Å². The molecule has 3 heterocycles. The molecule has 0 N–H and O–H groups in total. The Balaban J connectivity index is 1.82. The number of carbonyl (C=O) groups is 1. The third kappa shape index (κ3) is 3.92. The van der Waals surface area contributed by atoms with E-state index in [1.807, 2.05) is 12.1 Å². The molecule has 192 valence electrons. The molecule has 0 saturated heterocycles. The molecule has 0 saturated carbocycles. The molecule has 1 aliphatic heterocycles. The van der Waals surface area contributed by atoms with Crippen molar-refractivity contribution in [3.8, 4) is 0 Å². The van der Waals surface area contributed by atoms with Crippen molar-refractivity contribution in [1.29, 1.82) is 0 Å². The van der Waals surface area contributed by atoms with E-state index in [4.69, 9.17) is 9.72 Å². The van der Waals surface area contributed by atoms with E-state index in [0.29, 0.717) is 11.3 Å². The van der Waals surface area contributed by atoms with Gasteiger partial charge in [0.1, 0.15) is 5.69 Å². The summed E-state index contributed by atoms with van der Waals surface area (Å²) < 4.78 is 8.92. The number of ether oxygens (including phenoxy) is 1. The number of nitrogens with zero attached hydrogens (tertiary/aromatic N) is 3. The van der Waals surface area contributed by atoms with Crippen molar-refractivity contribution in [2.24, 2.45) is 0 Å². The van der Waals surface area contributed by atoms with E-state index in [9.17, 15) is 4.79 Å². The summed E-state index contributed by atoms with van der Waals surface area (Å²) in [5.41, 5.74) is 6.63. The number of fused-ring (bicyclic) bond motifs is 2. The van der Waals surface area contributed by atoms with Crippen LogP contribution < -0.4 is 4.90 Å². The molecule has 0 radical (unpaired) electrons. The third-order valence-corrected chi connectivity index (χ3v) is 7.89. The van der Waals surface area contributed by atoms with Gasteiger partial charge in [-0.05, 0) is 70.0 Å². The number of pyridine rings is 1. The highest BCUT2D eigenvalue weighted by Gasteiger charge is 2.53. The fourth-order valence-corrected chi connectivity index (χ4v) is 6.09. The number of para-hydroxylation sites is 1. The first-order valence-corrected chi connectivity index (χ1v) is 13.6. The van der Waals surface area contributed by atoms with E-state index in [1.54, 1.807) is 6.20 Å². The second-order valence-electron chi connectivity index (χ2n) is 9.98. The van der Waals surface area contributed by atoms with Gasteiger partial charge in [0.25, 0.3) is 0 Å². The van der Waals surface area contributed by atoms with Crippen LogP contribution in [0.2, 0.25) is 0 Å². The fraction of sp³-hybridized carbons (Fsp3) is 0.375. The summed E-state index contributed by atoms with van der Waals surface area (Å²) in [6, 6.07) is 18.7. The van der Waals surface area contributed by atoms with Crippen molar-refractivity contribution in [3.05, 3.63) is 94.4 Å². The van der Waals surface area contributed by atoms with Crippen molar-refractivity contribution < 1.29 is 9.53 Å². The lowest BCUT2D eigenvalue weighted by Gasteiger charge is -2.32. The van der Waals surface area contributed by atoms with E-state index in [-0.39, 0.29) is 5.97 Å². The van der Waals surface area contributed by atoms with Crippen molar-refractivity contribution in [2.75, 3.05) is 18.0 Å². The van der Waals surface area contributed by atoms with E-state index >= 15 is 0 Å². The smallest absolute Gasteiger partial charge is 0.341 e. The van der Waals surface area contributed by atoms with Gasteiger partial charge in [-0.3, -0.25) is 4.98 Å². The highest BCUT2D eigenvalue weighted by Crippen LogP contribution is 2.51. The summed E-state index contributed by atoms with van der Waals surface area (Å²) in [5.74, 6) is -0.322. The van der Waals surface area contributed by atoms with Crippen LogP contribution in [0.3, 0.4) is 0 Å². The Kier molecular flexibility index (Phi) is 6.80. The zero-order chi connectivity index (χ0) is 26.2. The average Bonchev–Trinajstić information content (AvgIpc) is 3.36. The molecular formula is C32H37N3O2. The Hall–Kier alpha value is -3.60. The number of aryl methyl sites for hydroxylation is 2. The van der Waals surface area contributed by atoms with Crippen molar-refractivity contribution in [3.63, 3.8) is 0 Å². The molecule has 4 aromatic rings. The predicted octanol–water partition coefficient (Wildman–Crippen LogP) is 7.15. The van der Waals surface area contributed by atoms with E-state index in [1.165, 1.54) is 24.0 Å². The summed E-state index contributed by atoms with van der Waals surface area (Å²) >= 11 is 0. The molecule has 2 aromatic heterocycles. The first-order chi connectivity index (χ1) is 18.0. The van der Waals surface area contributed by atoms with Gasteiger partial charge in [0.2, 0.25) is 5.60 Å². The van der Waals surface area contributed by atoms with Crippen LogP contribution in [0.5, 0.6) is 0 Å². The van der Waals surface area contributed by atoms with Gasteiger partial charge in [0, 0.05) is 59.2 Å². The van der Waals surface area contributed by atoms with Crippen molar-refractivity contribution in [1.82, 2.24) is 9.55 Å². The summed E-state index contributed by atoms with van der Waals surface area (Å²) in [4.78, 5) is 20.5. The molecule has 1 atom stereocenters. The van der Waals surface area contributed by atoms with Crippen LogP contribution >= 0.6 is 0 Å². The summed E-state index contributed by atoms with van der Waals surface area (Å²) in [6.07, 6.45) is 5.22. The summed E-state index contributed by atoms with van der Waals surface area (Å²) in [7, 11) is 0. The minimum atomic E-state index is -1.11. The van der Waals surface area contributed by atoms with E-state index in [0.717, 1.165) is 53.8 Å². The predicted molar refractivity (Wildman–Crippen MR) is 150 cm³/mol. The second-order valence-corrected chi connectivity index (χ2v) is 9.98. The molecule has 5 rings (SSSR count). The highest BCUT2D eigenvalue weighted by atomic mass is 16.6. The SMILES string of the molecule is CCCCCn1c(C)c(C2(c3ccc(N(CC)CC)cc3C)OC(=O)c3cccnc32)c2ccccc21. The number of hydrogen-bond donors (Lipinski definition) is 0. The van der Waals surface area contributed by atoms with Gasteiger partial charge in [-0.2, -0.15) is 0 Å². The lowest BCUT2D eigenvalue weighted by atomic mass is 9.79. The molecular weight excluding hydrogens is 458 g/mol. The maximum Gasteiger partial charge on any atom is 0.341 e. The second kappa shape index (κ2) is 10.0. The lowest BCUT2D eigenvalue weighted by molar-refractivity contribution is 0.0244. The zero-order valence-corrected chi connectivity index (χ0v) is 22.7. The number of aromatic nitrogens is 2. The molecule has 0 aliphatic carbocycles. The summed E-state index contributed by atoms with van der Waals surface area (Å²) in [5, 5.41) is 1.11. The molecule has 37 heavy (non-hydrogen) atoms. The van der Waals surface area contributed by atoms with Crippen LogP contribution in [0, 0.1) is 13.8 Å². The minimum Gasteiger partial charge on any atom is -0.439 e. The molecule has 1 aliphatic rings. The zero-order valence-electron chi connectivity index (χ0n) is 22.7. The topological polar surface area (TPSA) is 47.4 Å². The first kappa shape index (κ1) is 25.1. The average molecular weight is 496 g/mol. The van der Waals surface area contributed by atoms with Gasteiger partial charge in [0.05, 0.1) is 5.56 Å². The van der Waals surface area contributed by atoms with Gasteiger partial charge < -0.3 is 14.2 Å². The normalized spacial score (nSPS) is 16.7. The van der Waals surface area contributed by atoms with Gasteiger partial charge in [-0.25, -0.2) is 4.79 Å². The number of hydrogen-bond acceptors (Lipinski definition) is 4. The number of esters is 1. The van der Waals surface area contributed by atoms with Crippen LogP contribution in [0.25, 0.3) is 10.9 Å². The monoisotopic (exact) mass is 495 g/mol. The molecule has 0 spiro atoms. The Labute approximate surface area is 220 Å². The molecule has 1 unspecified atom stereocenters.